The molecule has 6 nitrogen and oxygen atoms in total. The molecule has 3 heterocycles. The number of aromatic nitrogens is 1. The monoisotopic (exact) mass is 387 g/mol. The molecule has 1 aromatic carbocycles. The van der Waals surface area contributed by atoms with Gasteiger partial charge in [0.1, 0.15) is 10.9 Å². The Morgan fingerprint density at radius 2 is 2.08 bits per heavy atom. The number of morpholine rings is 1. The van der Waals surface area contributed by atoms with Gasteiger partial charge < -0.3 is 19.5 Å². The van der Waals surface area contributed by atoms with Gasteiger partial charge in [-0.25, -0.2) is 0 Å². The molecular weight excluding hydrogens is 370 g/mol. The van der Waals surface area contributed by atoms with Crippen molar-refractivity contribution in [2.24, 2.45) is 0 Å². The first kappa shape index (κ1) is 17.3. The molecular formula is C18H17N3O3S2. The Labute approximate surface area is 160 Å². The molecule has 0 unspecified atom stereocenters. The predicted octanol–water partition coefficient (Wildman–Crippen LogP) is 1.99. The van der Waals surface area contributed by atoms with Crippen LogP contribution in [0.2, 0.25) is 0 Å². The number of nitrogens with zero attached hydrogens (tertiary/aromatic N) is 2. The lowest BCUT2D eigenvalue weighted by atomic mass is 10.1. The van der Waals surface area contributed by atoms with E-state index in [4.69, 9.17) is 17.0 Å². The Hall–Kier alpha value is -2.16. The third kappa shape index (κ3) is 3.40. The number of carbonyl (C=O) groups excluding carboxylic acids is 2. The second-order valence-corrected chi connectivity index (χ2v) is 7.79. The van der Waals surface area contributed by atoms with Crippen molar-refractivity contribution in [2.75, 3.05) is 26.3 Å². The van der Waals surface area contributed by atoms with E-state index in [0.717, 1.165) is 16.5 Å². The summed E-state index contributed by atoms with van der Waals surface area (Å²) in [4.78, 5) is 27.0. The maximum Gasteiger partial charge on any atom is 0.263 e. The predicted molar refractivity (Wildman–Crippen MR) is 106 cm³/mol. The molecule has 2 saturated heterocycles. The van der Waals surface area contributed by atoms with Gasteiger partial charge in [-0.2, -0.15) is 0 Å². The molecule has 1 aromatic heterocycles. The summed E-state index contributed by atoms with van der Waals surface area (Å²) < 4.78 is 7.71. The van der Waals surface area contributed by atoms with E-state index in [1.54, 1.807) is 0 Å². The van der Waals surface area contributed by atoms with Crippen molar-refractivity contribution in [3.8, 4) is 0 Å². The number of fused-ring (bicyclic) bond motifs is 1. The largest absolute Gasteiger partial charge is 0.378 e. The van der Waals surface area contributed by atoms with E-state index in [1.807, 2.05) is 46.0 Å². The van der Waals surface area contributed by atoms with E-state index in [-0.39, 0.29) is 18.4 Å². The smallest absolute Gasteiger partial charge is 0.263 e. The Morgan fingerprint density at radius 3 is 2.81 bits per heavy atom. The van der Waals surface area contributed by atoms with Gasteiger partial charge in [0, 0.05) is 35.8 Å². The minimum absolute atomic E-state index is 0.0717. The zero-order chi connectivity index (χ0) is 18.1. The highest BCUT2D eigenvalue weighted by molar-refractivity contribution is 8.26. The van der Waals surface area contributed by atoms with Crippen molar-refractivity contribution < 1.29 is 14.3 Å². The summed E-state index contributed by atoms with van der Waals surface area (Å²) in [6.45, 7) is 2.69. The molecule has 4 rings (SSSR count). The normalized spacial score (nSPS) is 19.4. The number of rotatable bonds is 3. The van der Waals surface area contributed by atoms with Crippen LogP contribution in [0.1, 0.15) is 5.56 Å². The number of hydrogen-bond acceptors (Lipinski definition) is 5. The molecule has 0 aliphatic carbocycles. The lowest BCUT2D eigenvalue weighted by Gasteiger charge is -2.27. The van der Waals surface area contributed by atoms with Crippen molar-refractivity contribution in [3.05, 3.63) is 40.9 Å². The molecule has 2 aliphatic rings. The molecule has 2 fully saturated rings. The molecule has 26 heavy (non-hydrogen) atoms. The van der Waals surface area contributed by atoms with E-state index in [0.29, 0.717) is 35.5 Å². The standard InChI is InChI=1S/C18H17N3O3S2/c22-16(20-5-7-24-8-6-20)11-21-10-12(13-3-1-2-4-14(13)21)9-15-17(23)19-18(25)26-15/h1-4,9-10H,5-8,11H2,(H,19,23,25)/b15-9+. The van der Waals surface area contributed by atoms with Crippen LogP contribution in [0.25, 0.3) is 17.0 Å². The van der Waals surface area contributed by atoms with Gasteiger partial charge in [0.25, 0.3) is 5.91 Å². The van der Waals surface area contributed by atoms with Crippen LogP contribution >= 0.6 is 24.0 Å². The van der Waals surface area contributed by atoms with Gasteiger partial charge in [0.15, 0.2) is 0 Å². The van der Waals surface area contributed by atoms with Crippen molar-refractivity contribution in [1.29, 1.82) is 0 Å². The summed E-state index contributed by atoms with van der Waals surface area (Å²) >= 11 is 6.30. The highest BCUT2D eigenvalue weighted by Gasteiger charge is 2.23. The van der Waals surface area contributed by atoms with Crippen LogP contribution in [0.4, 0.5) is 0 Å². The molecule has 1 N–H and O–H groups in total. The average Bonchev–Trinajstić information content (AvgIpc) is 3.16. The third-order valence-corrected chi connectivity index (χ3v) is 5.58. The summed E-state index contributed by atoms with van der Waals surface area (Å²) in [5.74, 6) is -0.108. The number of nitrogens with one attached hydrogen (secondary N) is 1. The van der Waals surface area contributed by atoms with Crippen molar-refractivity contribution in [1.82, 2.24) is 14.8 Å². The molecule has 0 radical (unpaired) electrons. The number of ether oxygens (including phenoxy) is 1. The van der Waals surface area contributed by atoms with E-state index in [2.05, 4.69) is 5.32 Å². The van der Waals surface area contributed by atoms with Gasteiger partial charge in [0.2, 0.25) is 5.91 Å². The van der Waals surface area contributed by atoms with Gasteiger partial charge in [-0.1, -0.05) is 42.2 Å². The summed E-state index contributed by atoms with van der Waals surface area (Å²) in [5, 5.41) is 3.63. The minimum Gasteiger partial charge on any atom is -0.378 e. The molecule has 0 spiro atoms. The zero-order valence-electron chi connectivity index (χ0n) is 13.9. The number of amides is 2. The number of hydrogen-bond donors (Lipinski definition) is 1. The fourth-order valence-electron chi connectivity index (χ4n) is 3.14. The van der Waals surface area contributed by atoms with Gasteiger partial charge in [-0.05, 0) is 12.1 Å². The quantitative estimate of drug-likeness (QED) is 0.645. The van der Waals surface area contributed by atoms with Crippen LogP contribution < -0.4 is 5.32 Å². The van der Waals surface area contributed by atoms with Crippen molar-refractivity contribution in [2.45, 2.75) is 6.54 Å². The summed E-state index contributed by atoms with van der Waals surface area (Å²) in [5.41, 5.74) is 1.87. The topological polar surface area (TPSA) is 63.6 Å². The molecule has 0 bridgehead atoms. The van der Waals surface area contributed by atoms with Crippen LogP contribution in [0, 0.1) is 0 Å². The number of benzene rings is 1. The fourth-order valence-corrected chi connectivity index (χ4v) is 4.18. The van der Waals surface area contributed by atoms with E-state index < -0.39 is 0 Å². The average molecular weight is 387 g/mol. The highest BCUT2D eigenvalue weighted by Crippen LogP contribution is 2.29. The molecule has 0 atom stereocenters. The Kier molecular flexibility index (Phi) is 4.80. The first-order valence-corrected chi connectivity index (χ1v) is 9.52. The molecule has 134 valence electrons. The number of thiocarbonyl (C=S) groups is 1. The van der Waals surface area contributed by atoms with Crippen LogP contribution in [0.3, 0.4) is 0 Å². The van der Waals surface area contributed by atoms with Gasteiger partial charge in [-0.3, -0.25) is 9.59 Å². The second kappa shape index (κ2) is 7.22. The molecule has 0 saturated carbocycles. The van der Waals surface area contributed by atoms with E-state index in [9.17, 15) is 9.59 Å². The molecule has 2 aliphatic heterocycles. The lowest BCUT2D eigenvalue weighted by Crippen LogP contribution is -2.42. The minimum atomic E-state index is -0.179. The van der Waals surface area contributed by atoms with Crippen molar-refractivity contribution >= 4 is 57.1 Å². The van der Waals surface area contributed by atoms with E-state index >= 15 is 0 Å². The van der Waals surface area contributed by atoms with Gasteiger partial charge >= 0.3 is 0 Å². The second-order valence-electron chi connectivity index (χ2n) is 6.07. The lowest BCUT2D eigenvalue weighted by molar-refractivity contribution is -0.135. The number of para-hydroxylation sites is 1. The SMILES string of the molecule is O=C1NC(=S)S/C1=C/c1cn(CC(=O)N2CCOCC2)c2ccccc12. The first-order chi connectivity index (χ1) is 12.6. The summed E-state index contributed by atoms with van der Waals surface area (Å²) in [6.07, 6.45) is 3.75. The Bertz CT molecular complexity index is 929. The third-order valence-electron chi connectivity index (χ3n) is 4.42. The van der Waals surface area contributed by atoms with Gasteiger partial charge in [0.05, 0.1) is 18.1 Å². The number of thioether (sulfide) groups is 1. The molecule has 2 amide bonds. The van der Waals surface area contributed by atoms with Crippen LogP contribution in [0.15, 0.2) is 35.4 Å². The zero-order valence-corrected chi connectivity index (χ0v) is 15.6. The highest BCUT2D eigenvalue weighted by atomic mass is 32.2. The first-order valence-electron chi connectivity index (χ1n) is 8.30. The molecule has 2 aromatic rings. The maximum absolute atomic E-state index is 12.6. The Morgan fingerprint density at radius 1 is 1.31 bits per heavy atom. The maximum atomic E-state index is 12.6. The Balaban J connectivity index is 1.66. The van der Waals surface area contributed by atoms with Gasteiger partial charge in [-0.15, -0.1) is 0 Å². The van der Waals surface area contributed by atoms with Crippen LogP contribution in [0.5, 0.6) is 0 Å². The van der Waals surface area contributed by atoms with Crippen LogP contribution in [-0.2, 0) is 20.9 Å². The fraction of sp³-hybridized carbons (Fsp3) is 0.278. The summed E-state index contributed by atoms with van der Waals surface area (Å²) in [6, 6.07) is 7.87. The van der Waals surface area contributed by atoms with E-state index in [1.165, 1.54) is 11.8 Å². The summed E-state index contributed by atoms with van der Waals surface area (Å²) in [7, 11) is 0. The van der Waals surface area contributed by atoms with Crippen molar-refractivity contribution in [3.63, 3.8) is 0 Å². The van der Waals surface area contributed by atoms with Crippen LogP contribution in [-0.4, -0.2) is 51.9 Å². The molecule has 8 heteroatoms. The number of carbonyl (C=O) groups is 2.